The van der Waals surface area contributed by atoms with Gasteiger partial charge in [-0.05, 0) is 23.8 Å². The number of aryl methyl sites for hydroxylation is 1. The molecule has 0 unspecified atom stereocenters. The number of aliphatic hydroxyl groups excluding tert-OH is 3. The van der Waals surface area contributed by atoms with E-state index < -0.39 is 36.3 Å². The molecule has 1 aliphatic heterocycles. The smallest absolute Gasteiger partial charge is 0.870 e. The molecule has 0 saturated carbocycles. The van der Waals surface area contributed by atoms with Crippen molar-refractivity contribution in [3.8, 4) is 0 Å². The number of pyridine rings is 1. The number of rotatable bonds is 3. The Bertz CT molecular complexity index is 479. The fraction of sp³-hybridized carbons (Fsp3) is 0.385. The van der Waals surface area contributed by atoms with E-state index in [9.17, 15) is 9.90 Å². The molecule has 1 aliphatic rings. The Hall–Kier alpha value is -1.12. The largest absolute Gasteiger partial charge is 1.00 e. The van der Waals surface area contributed by atoms with E-state index in [-0.39, 0.29) is 29.6 Å². The number of carbonyl (C=O) groups excluding carboxylic acids is 1. The first kappa shape index (κ1) is 19.9. The van der Waals surface area contributed by atoms with Crippen molar-refractivity contribution in [2.24, 2.45) is 0 Å². The van der Waals surface area contributed by atoms with E-state index in [0.29, 0.717) is 0 Å². The fourth-order valence-corrected chi connectivity index (χ4v) is 1.42. The van der Waals surface area contributed by atoms with Crippen molar-refractivity contribution in [3.05, 3.63) is 41.6 Å². The normalized spacial score (nSPS) is 18.2. The van der Waals surface area contributed by atoms with Crippen LogP contribution in [0.1, 0.15) is 12.5 Å². The monoisotopic (exact) mass is 305 g/mol. The predicted octanol–water partition coefficient (Wildman–Crippen LogP) is -3.96. The number of cyclic esters (lactones) is 1. The molecule has 0 bridgehead atoms. The molecule has 110 valence electrons. The Morgan fingerprint density at radius 3 is 2.52 bits per heavy atom. The van der Waals surface area contributed by atoms with Gasteiger partial charge in [0, 0.05) is 12.4 Å². The van der Waals surface area contributed by atoms with Crippen LogP contribution in [0.2, 0.25) is 0 Å². The van der Waals surface area contributed by atoms with E-state index in [4.69, 9.17) is 15.3 Å². The van der Waals surface area contributed by atoms with Crippen molar-refractivity contribution in [1.29, 1.82) is 0 Å². The zero-order chi connectivity index (χ0) is 15.1. The fourth-order valence-electron chi connectivity index (χ4n) is 1.42. The van der Waals surface area contributed by atoms with Gasteiger partial charge in [0.25, 0.3) is 0 Å². The first-order chi connectivity index (χ1) is 9.51. The van der Waals surface area contributed by atoms with Crippen molar-refractivity contribution >= 4 is 5.97 Å². The van der Waals surface area contributed by atoms with Crippen LogP contribution in [-0.4, -0.2) is 45.1 Å². The van der Waals surface area contributed by atoms with Gasteiger partial charge in [0.05, 0.1) is 6.61 Å². The zero-order valence-corrected chi connectivity index (χ0v) is 13.9. The van der Waals surface area contributed by atoms with E-state index in [0.717, 1.165) is 6.42 Å². The molecule has 21 heavy (non-hydrogen) atoms. The van der Waals surface area contributed by atoms with Gasteiger partial charge in [0.15, 0.2) is 5.76 Å². The molecule has 1 aromatic rings. The van der Waals surface area contributed by atoms with Crippen molar-refractivity contribution in [2.75, 3.05) is 6.61 Å². The van der Waals surface area contributed by atoms with Gasteiger partial charge < -0.3 is 25.2 Å². The van der Waals surface area contributed by atoms with Crippen LogP contribution in [0.25, 0.3) is 0 Å². The van der Waals surface area contributed by atoms with Gasteiger partial charge >= 0.3 is 35.5 Å². The summed E-state index contributed by atoms with van der Waals surface area (Å²) in [5.41, 5.74) is 1.30. The van der Waals surface area contributed by atoms with Gasteiger partial charge in [0.2, 0.25) is 0 Å². The molecule has 7 nitrogen and oxygen atoms in total. The molecule has 2 atom stereocenters. The third-order valence-electron chi connectivity index (χ3n) is 2.59. The summed E-state index contributed by atoms with van der Waals surface area (Å²) in [6, 6.07) is 4.03. The van der Waals surface area contributed by atoms with Gasteiger partial charge in [-0.1, -0.05) is 13.0 Å². The molecular formula is C13H16NNaO6. The number of carbonyl (C=O) groups is 1. The van der Waals surface area contributed by atoms with Crippen LogP contribution in [0, 0.1) is 0 Å². The second-order valence-electron chi connectivity index (χ2n) is 4.00. The van der Waals surface area contributed by atoms with E-state index in [1.54, 1.807) is 6.20 Å². The molecular weight excluding hydrogens is 289 g/mol. The average molecular weight is 305 g/mol. The SMILES string of the molecule is CCc1cccnc1.O=C1O[C@H]([C@@H](O)CO)C([O-])=C1O.[Na+]. The first-order valence-electron chi connectivity index (χ1n) is 6.00. The third-order valence-corrected chi connectivity index (χ3v) is 2.59. The molecule has 0 saturated heterocycles. The molecule has 2 heterocycles. The zero-order valence-electron chi connectivity index (χ0n) is 11.9. The van der Waals surface area contributed by atoms with Gasteiger partial charge in [-0.3, -0.25) is 4.98 Å². The van der Waals surface area contributed by atoms with Gasteiger partial charge in [0.1, 0.15) is 12.2 Å². The van der Waals surface area contributed by atoms with Crippen LogP contribution >= 0.6 is 0 Å². The number of hydrogen-bond acceptors (Lipinski definition) is 7. The Morgan fingerprint density at radius 2 is 2.19 bits per heavy atom. The molecule has 3 N–H and O–H groups in total. The number of aliphatic hydroxyl groups is 3. The van der Waals surface area contributed by atoms with E-state index in [2.05, 4.69) is 22.7 Å². The summed E-state index contributed by atoms with van der Waals surface area (Å²) >= 11 is 0. The Morgan fingerprint density at radius 1 is 1.52 bits per heavy atom. The number of ether oxygens (including phenoxy) is 1. The Balaban J connectivity index is 0.000000390. The van der Waals surface area contributed by atoms with Crippen LogP contribution in [0.4, 0.5) is 0 Å². The van der Waals surface area contributed by atoms with Crippen molar-refractivity contribution < 1.29 is 59.5 Å². The van der Waals surface area contributed by atoms with Crippen LogP contribution in [0.5, 0.6) is 0 Å². The minimum atomic E-state index is -1.48. The topological polar surface area (TPSA) is 123 Å². The van der Waals surface area contributed by atoms with E-state index in [1.165, 1.54) is 5.56 Å². The van der Waals surface area contributed by atoms with Crippen LogP contribution in [0.15, 0.2) is 36.0 Å². The summed E-state index contributed by atoms with van der Waals surface area (Å²) in [5, 5.41) is 36.8. The molecule has 8 heteroatoms. The predicted molar refractivity (Wildman–Crippen MR) is 66.2 cm³/mol. The van der Waals surface area contributed by atoms with Crippen LogP contribution in [0.3, 0.4) is 0 Å². The quantitative estimate of drug-likeness (QED) is 0.384. The molecule has 0 aliphatic carbocycles. The van der Waals surface area contributed by atoms with Crippen LogP contribution in [-0.2, 0) is 16.0 Å². The molecule has 0 amide bonds. The standard InChI is InChI=1S/C7H9N.C6H8O6.Na/c1-2-7-4-3-5-8-6-7;7-1-2(8)5-3(9)4(10)6(11)12-5;/h3-6H,2H2,1H3;2,5,7-10H,1H2;/q;;+1/p-1/t;2-,5+;/m.0./s1. The summed E-state index contributed by atoms with van der Waals surface area (Å²) in [6.07, 6.45) is 1.81. The van der Waals surface area contributed by atoms with E-state index >= 15 is 0 Å². The van der Waals surface area contributed by atoms with Gasteiger partial charge in [-0.2, -0.15) is 0 Å². The summed E-state index contributed by atoms with van der Waals surface area (Å²) in [4.78, 5) is 14.4. The maximum Gasteiger partial charge on any atom is 1.00 e. The molecule has 0 spiro atoms. The molecule has 0 aromatic carbocycles. The molecule has 0 fully saturated rings. The minimum Gasteiger partial charge on any atom is -0.870 e. The summed E-state index contributed by atoms with van der Waals surface area (Å²) in [7, 11) is 0. The molecule has 2 rings (SSSR count). The minimum absolute atomic E-state index is 0. The Kier molecular flexibility index (Phi) is 9.23. The Labute approximate surface area is 144 Å². The van der Waals surface area contributed by atoms with Gasteiger partial charge in [-0.25, -0.2) is 4.79 Å². The molecule has 1 aromatic heterocycles. The summed E-state index contributed by atoms with van der Waals surface area (Å²) in [6.45, 7) is 1.41. The number of esters is 1. The maximum atomic E-state index is 10.8. The third kappa shape index (κ3) is 5.64. The van der Waals surface area contributed by atoms with E-state index in [1.807, 2.05) is 12.3 Å². The number of hydrogen-bond donors (Lipinski definition) is 3. The van der Waals surface area contributed by atoms with Crippen molar-refractivity contribution in [2.45, 2.75) is 25.6 Å². The number of nitrogens with zero attached hydrogens (tertiary/aromatic N) is 1. The second-order valence-corrected chi connectivity index (χ2v) is 4.00. The maximum absolute atomic E-state index is 10.8. The molecule has 0 radical (unpaired) electrons. The van der Waals surface area contributed by atoms with Crippen LogP contribution < -0.4 is 34.7 Å². The summed E-state index contributed by atoms with van der Waals surface area (Å²) in [5.74, 6) is -3.20. The summed E-state index contributed by atoms with van der Waals surface area (Å²) < 4.78 is 4.25. The number of aromatic nitrogens is 1. The average Bonchev–Trinajstić information content (AvgIpc) is 2.75. The van der Waals surface area contributed by atoms with Crippen molar-refractivity contribution in [3.63, 3.8) is 0 Å². The van der Waals surface area contributed by atoms with Crippen molar-refractivity contribution in [1.82, 2.24) is 4.98 Å². The van der Waals surface area contributed by atoms with Gasteiger partial charge in [-0.15, -0.1) is 0 Å². The second kappa shape index (κ2) is 9.75. The first-order valence-corrected chi connectivity index (χ1v) is 6.00.